The normalized spacial score (nSPS) is 14.8. The number of hydrogen-bond acceptors (Lipinski definition) is 6. The third-order valence-electron chi connectivity index (χ3n) is 5.87. The third-order valence-corrected chi connectivity index (χ3v) is 7.83. The number of nitrogens with zero attached hydrogens (tertiary/aromatic N) is 4. The number of sulfonamides is 1. The average Bonchev–Trinajstić information content (AvgIpc) is 2.89. The van der Waals surface area contributed by atoms with Gasteiger partial charge in [0, 0.05) is 45.1 Å². The molecule has 3 aromatic rings. The molecule has 1 amide bonds. The highest BCUT2D eigenvalue weighted by Crippen LogP contribution is 2.24. The lowest BCUT2D eigenvalue weighted by Crippen LogP contribution is -2.50. The number of benzene rings is 2. The highest BCUT2D eigenvalue weighted by molar-refractivity contribution is 7.89. The van der Waals surface area contributed by atoms with E-state index in [2.05, 4.69) is 15.3 Å². The number of aromatic nitrogens is 2. The number of rotatable bonds is 9. The number of anilines is 1. The largest absolute Gasteiger partial charge is 0.355 e. The molecule has 1 aromatic heterocycles. The summed E-state index contributed by atoms with van der Waals surface area (Å²) >= 11 is 0. The Balaban J connectivity index is 1.28. The first-order valence-electron chi connectivity index (χ1n) is 11.4. The summed E-state index contributed by atoms with van der Waals surface area (Å²) in [6.07, 6.45) is 3.71. The first kappa shape index (κ1) is 23.8. The highest BCUT2D eigenvalue weighted by Gasteiger charge is 2.28. The molecular weight excluding hydrogens is 450 g/mol. The summed E-state index contributed by atoms with van der Waals surface area (Å²) in [4.78, 5) is 23.5. The summed E-state index contributed by atoms with van der Waals surface area (Å²) in [6.45, 7) is 2.20. The second-order valence-electron chi connectivity index (χ2n) is 8.15. The van der Waals surface area contributed by atoms with E-state index in [1.807, 2.05) is 65.6 Å². The Kier molecular flexibility index (Phi) is 7.87. The fourth-order valence-electron chi connectivity index (χ4n) is 4.10. The predicted molar refractivity (Wildman–Crippen MR) is 132 cm³/mol. The van der Waals surface area contributed by atoms with Crippen molar-refractivity contribution in [3.63, 3.8) is 0 Å². The third kappa shape index (κ3) is 5.98. The number of hydrogen-bond donors (Lipinski definition) is 1. The molecule has 1 saturated heterocycles. The van der Waals surface area contributed by atoms with E-state index in [0.717, 1.165) is 11.1 Å². The van der Waals surface area contributed by atoms with Crippen molar-refractivity contribution in [2.45, 2.75) is 12.3 Å². The van der Waals surface area contributed by atoms with E-state index < -0.39 is 15.9 Å². The van der Waals surface area contributed by atoms with Crippen LogP contribution in [0.2, 0.25) is 0 Å². The molecule has 0 bridgehead atoms. The van der Waals surface area contributed by atoms with Crippen molar-refractivity contribution in [1.29, 1.82) is 0 Å². The van der Waals surface area contributed by atoms with Crippen molar-refractivity contribution in [2.24, 2.45) is 0 Å². The minimum Gasteiger partial charge on any atom is -0.355 e. The van der Waals surface area contributed by atoms with E-state index in [1.165, 1.54) is 4.31 Å². The summed E-state index contributed by atoms with van der Waals surface area (Å²) in [6, 6.07) is 21.0. The van der Waals surface area contributed by atoms with Crippen molar-refractivity contribution in [3.8, 4) is 0 Å². The zero-order chi connectivity index (χ0) is 23.8. The lowest BCUT2D eigenvalue weighted by Gasteiger charge is -2.33. The van der Waals surface area contributed by atoms with Gasteiger partial charge in [-0.15, -0.1) is 0 Å². The Bertz CT molecular complexity index is 1110. The maximum Gasteiger partial charge on any atom is 0.232 e. The molecule has 4 rings (SSSR count). The molecule has 2 heterocycles. The van der Waals surface area contributed by atoms with Crippen LogP contribution in [0, 0.1) is 0 Å². The quantitative estimate of drug-likeness (QED) is 0.473. The zero-order valence-electron chi connectivity index (χ0n) is 19.0. The topological polar surface area (TPSA) is 95.5 Å². The van der Waals surface area contributed by atoms with Gasteiger partial charge in [0.25, 0.3) is 0 Å². The zero-order valence-corrected chi connectivity index (χ0v) is 19.8. The summed E-state index contributed by atoms with van der Waals surface area (Å²) in [5.41, 5.74) is 1.80. The van der Waals surface area contributed by atoms with Gasteiger partial charge >= 0.3 is 0 Å². The van der Waals surface area contributed by atoms with E-state index in [-0.39, 0.29) is 11.7 Å². The maximum absolute atomic E-state index is 13.1. The van der Waals surface area contributed by atoms with Crippen LogP contribution < -0.4 is 10.2 Å². The number of carbonyl (C=O) groups excluding carboxylic acids is 1. The van der Waals surface area contributed by atoms with Crippen molar-refractivity contribution >= 4 is 21.9 Å². The maximum atomic E-state index is 13.1. The Hall–Kier alpha value is -3.30. The molecule has 2 aromatic carbocycles. The minimum absolute atomic E-state index is 0.00351. The number of piperazine rings is 1. The van der Waals surface area contributed by atoms with Gasteiger partial charge in [0.1, 0.15) is 0 Å². The van der Waals surface area contributed by atoms with Gasteiger partial charge in [-0.2, -0.15) is 4.31 Å². The summed E-state index contributed by atoms with van der Waals surface area (Å²) < 4.78 is 27.1. The fraction of sp³-hybridized carbons (Fsp3) is 0.320. The Labute approximate surface area is 200 Å². The smallest absolute Gasteiger partial charge is 0.232 e. The summed E-state index contributed by atoms with van der Waals surface area (Å²) in [5, 5.41) is 2.94. The van der Waals surface area contributed by atoms with Crippen LogP contribution in [0.3, 0.4) is 0 Å². The van der Waals surface area contributed by atoms with Gasteiger partial charge in [-0.25, -0.2) is 18.4 Å². The predicted octanol–water partition coefficient (Wildman–Crippen LogP) is 2.27. The van der Waals surface area contributed by atoms with Crippen LogP contribution in [0.15, 0.2) is 79.1 Å². The van der Waals surface area contributed by atoms with Crippen molar-refractivity contribution in [3.05, 3.63) is 90.3 Å². The van der Waals surface area contributed by atoms with E-state index in [9.17, 15) is 13.2 Å². The van der Waals surface area contributed by atoms with E-state index in [1.54, 1.807) is 18.5 Å². The highest BCUT2D eigenvalue weighted by atomic mass is 32.2. The van der Waals surface area contributed by atoms with Gasteiger partial charge in [0.05, 0.1) is 11.7 Å². The van der Waals surface area contributed by atoms with Crippen LogP contribution in [0.4, 0.5) is 5.95 Å². The van der Waals surface area contributed by atoms with Crippen molar-refractivity contribution in [2.75, 3.05) is 43.4 Å². The first-order valence-corrected chi connectivity index (χ1v) is 13.0. The van der Waals surface area contributed by atoms with Crippen molar-refractivity contribution < 1.29 is 13.2 Å². The molecule has 0 spiro atoms. The molecule has 0 aliphatic carbocycles. The van der Waals surface area contributed by atoms with E-state index in [0.29, 0.717) is 45.1 Å². The number of amides is 1. The molecule has 1 fully saturated rings. The lowest BCUT2D eigenvalue weighted by atomic mass is 9.90. The van der Waals surface area contributed by atoms with Crippen LogP contribution in [0.1, 0.15) is 23.5 Å². The standard InChI is InChI=1S/C25H29N5O3S/c31-24(23(21-9-3-1-4-10-21)22-11-5-2-6-12-22)26-15-8-20-34(32,33)30-18-16-29(17-19-30)25-27-13-7-14-28-25/h1-7,9-14,23H,8,15-20H2,(H,26,31). The molecule has 178 valence electrons. The van der Waals surface area contributed by atoms with Gasteiger partial charge in [0.2, 0.25) is 21.9 Å². The monoisotopic (exact) mass is 479 g/mol. The van der Waals surface area contributed by atoms with Crippen LogP contribution >= 0.6 is 0 Å². The second-order valence-corrected chi connectivity index (χ2v) is 10.2. The molecule has 0 atom stereocenters. The van der Waals surface area contributed by atoms with Gasteiger partial charge < -0.3 is 10.2 Å². The van der Waals surface area contributed by atoms with Crippen LogP contribution in [0.25, 0.3) is 0 Å². The molecule has 1 aliphatic rings. The summed E-state index contributed by atoms with van der Waals surface area (Å²) in [5.74, 6) is 0.0448. The lowest BCUT2D eigenvalue weighted by molar-refractivity contribution is -0.121. The molecule has 0 unspecified atom stereocenters. The van der Waals surface area contributed by atoms with Crippen LogP contribution in [-0.4, -0.2) is 67.1 Å². The van der Waals surface area contributed by atoms with Crippen LogP contribution in [-0.2, 0) is 14.8 Å². The molecule has 0 radical (unpaired) electrons. The Morgan fingerprint density at radius 2 is 1.41 bits per heavy atom. The SMILES string of the molecule is O=C(NCCCS(=O)(=O)N1CCN(c2ncccn2)CC1)C(c1ccccc1)c1ccccc1. The van der Waals surface area contributed by atoms with Crippen molar-refractivity contribution in [1.82, 2.24) is 19.6 Å². The summed E-state index contributed by atoms with van der Waals surface area (Å²) in [7, 11) is -3.40. The minimum atomic E-state index is -3.40. The molecule has 8 nitrogen and oxygen atoms in total. The molecule has 34 heavy (non-hydrogen) atoms. The second kappa shape index (κ2) is 11.2. The van der Waals surface area contributed by atoms with Gasteiger partial charge in [0.15, 0.2) is 0 Å². The molecular formula is C25H29N5O3S. The van der Waals surface area contributed by atoms with Crippen LogP contribution in [0.5, 0.6) is 0 Å². The molecule has 0 saturated carbocycles. The Morgan fingerprint density at radius 3 is 1.97 bits per heavy atom. The fourth-order valence-corrected chi connectivity index (χ4v) is 5.59. The molecule has 1 N–H and O–H groups in total. The van der Waals surface area contributed by atoms with E-state index >= 15 is 0 Å². The number of nitrogens with one attached hydrogen (secondary N) is 1. The number of carbonyl (C=O) groups is 1. The average molecular weight is 480 g/mol. The first-order chi connectivity index (χ1) is 16.5. The van der Waals surface area contributed by atoms with E-state index in [4.69, 9.17) is 0 Å². The van der Waals surface area contributed by atoms with Gasteiger partial charge in [-0.3, -0.25) is 4.79 Å². The molecule has 9 heteroatoms. The van der Waals surface area contributed by atoms with Gasteiger partial charge in [-0.1, -0.05) is 60.7 Å². The Morgan fingerprint density at radius 1 is 0.853 bits per heavy atom. The van der Waals surface area contributed by atoms with Gasteiger partial charge in [-0.05, 0) is 23.6 Å². The molecule has 1 aliphatic heterocycles.